The van der Waals surface area contributed by atoms with Gasteiger partial charge in [0, 0.05) is 37.1 Å². The summed E-state index contributed by atoms with van der Waals surface area (Å²) in [6, 6.07) is 17.0. The molecule has 0 radical (unpaired) electrons. The van der Waals surface area contributed by atoms with E-state index in [4.69, 9.17) is 9.97 Å². The van der Waals surface area contributed by atoms with E-state index in [-0.39, 0.29) is 5.82 Å². The second kappa shape index (κ2) is 7.11. The van der Waals surface area contributed by atoms with E-state index in [9.17, 15) is 4.39 Å². The number of rotatable bonds is 4. The highest BCUT2D eigenvalue weighted by Gasteiger charge is 2.18. The predicted octanol–water partition coefficient (Wildman–Crippen LogP) is 3.71. The number of halogens is 1. The normalized spacial score (nSPS) is 13.5. The van der Waals surface area contributed by atoms with Gasteiger partial charge in [-0.3, -0.25) is 0 Å². The monoisotopic (exact) mass is 333 g/mol. The van der Waals surface area contributed by atoms with Crippen molar-refractivity contribution in [1.82, 2.24) is 15.3 Å². The summed E-state index contributed by atoms with van der Waals surface area (Å²) in [6.07, 6.45) is 2.63. The van der Waals surface area contributed by atoms with Gasteiger partial charge in [-0.25, -0.2) is 14.4 Å². The molecule has 1 aliphatic heterocycles. The van der Waals surface area contributed by atoms with Crippen LogP contribution in [-0.4, -0.2) is 16.5 Å². The molecule has 4 rings (SSSR count). The Morgan fingerprint density at radius 2 is 1.72 bits per heavy atom. The molecule has 0 amide bonds. The van der Waals surface area contributed by atoms with Gasteiger partial charge in [0.05, 0.1) is 11.4 Å². The zero-order chi connectivity index (χ0) is 17.1. The van der Waals surface area contributed by atoms with Gasteiger partial charge in [0.15, 0.2) is 0 Å². The van der Waals surface area contributed by atoms with Gasteiger partial charge in [-0.05, 0) is 36.2 Å². The van der Waals surface area contributed by atoms with Crippen LogP contribution >= 0.6 is 0 Å². The number of hydrogen-bond donors (Lipinski definition) is 1. The summed E-state index contributed by atoms with van der Waals surface area (Å²) in [6.45, 7) is 1.70. The van der Waals surface area contributed by atoms with Crippen LogP contribution in [0.3, 0.4) is 0 Å². The van der Waals surface area contributed by atoms with Crippen LogP contribution in [0.4, 0.5) is 4.39 Å². The Kier molecular flexibility index (Phi) is 4.53. The van der Waals surface area contributed by atoms with Crippen molar-refractivity contribution in [3.05, 3.63) is 83.1 Å². The molecule has 0 spiro atoms. The molecule has 2 aromatic carbocycles. The van der Waals surface area contributed by atoms with Crippen LogP contribution in [0, 0.1) is 5.82 Å². The smallest absolute Gasteiger partial charge is 0.129 e. The van der Waals surface area contributed by atoms with E-state index < -0.39 is 0 Å². The number of aryl methyl sites for hydroxylation is 2. The van der Waals surface area contributed by atoms with Crippen LogP contribution < -0.4 is 5.32 Å². The van der Waals surface area contributed by atoms with Crippen molar-refractivity contribution in [2.24, 2.45) is 0 Å². The summed E-state index contributed by atoms with van der Waals surface area (Å²) in [7, 11) is 0. The summed E-state index contributed by atoms with van der Waals surface area (Å²) in [5.41, 5.74) is 5.43. The third-order valence-corrected chi connectivity index (χ3v) is 4.58. The first-order valence-corrected chi connectivity index (χ1v) is 8.69. The zero-order valence-corrected chi connectivity index (χ0v) is 14.0. The Labute approximate surface area is 147 Å². The minimum absolute atomic E-state index is 0.228. The van der Waals surface area contributed by atoms with Gasteiger partial charge in [-0.2, -0.15) is 0 Å². The van der Waals surface area contributed by atoms with Crippen LogP contribution in [0.5, 0.6) is 0 Å². The molecule has 0 fully saturated rings. The number of nitrogens with zero attached hydrogens (tertiary/aromatic N) is 2. The molecule has 126 valence electrons. The highest BCUT2D eigenvalue weighted by molar-refractivity contribution is 5.64. The summed E-state index contributed by atoms with van der Waals surface area (Å²) in [5, 5.41) is 3.39. The topological polar surface area (TPSA) is 37.8 Å². The molecule has 0 saturated heterocycles. The van der Waals surface area contributed by atoms with E-state index >= 15 is 0 Å². The van der Waals surface area contributed by atoms with Gasteiger partial charge in [0.1, 0.15) is 11.6 Å². The lowest BCUT2D eigenvalue weighted by molar-refractivity contribution is 0.620. The standard InChI is InChI=1S/C21H20FN3/c22-17-9-7-16(8-10-17)21-18-14-23-13-12-19(18)24-20(25-21)11-6-15-4-2-1-3-5-15/h1-5,7-10,23H,6,11-14H2. The van der Waals surface area contributed by atoms with Crippen molar-refractivity contribution in [3.8, 4) is 11.3 Å². The molecule has 1 N–H and O–H groups in total. The fraction of sp³-hybridized carbons (Fsp3) is 0.238. The van der Waals surface area contributed by atoms with Gasteiger partial charge in [-0.15, -0.1) is 0 Å². The van der Waals surface area contributed by atoms with Crippen LogP contribution in [0.25, 0.3) is 11.3 Å². The number of aromatic nitrogens is 2. The maximum atomic E-state index is 13.3. The summed E-state index contributed by atoms with van der Waals surface area (Å²) in [4.78, 5) is 9.63. The molecule has 0 bridgehead atoms. The fourth-order valence-electron chi connectivity index (χ4n) is 3.25. The molecule has 2 heterocycles. The van der Waals surface area contributed by atoms with Gasteiger partial charge < -0.3 is 5.32 Å². The number of hydrogen-bond acceptors (Lipinski definition) is 3. The fourth-order valence-corrected chi connectivity index (χ4v) is 3.25. The Bertz CT molecular complexity index is 860. The molecule has 0 saturated carbocycles. The summed E-state index contributed by atoms with van der Waals surface area (Å²) >= 11 is 0. The van der Waals surface area contributed by atoms with Gasteiger partial charge in [0.25, 0.3) is 0 Å². The molecule has 0 aliphatic carbocycles. The van der Waals surface area contributed by atoms with E-state index in [1.807, 2.05) is 6.07 Å². The summed E-state index contributed by atoms with van der Waals surface area (Å²) < 4.78 is 13.3. The molecule has 25 heavy (non-hydrogen) atoms. The molecule has 4 heteroatoms. The lowest BCUT2D eigenvalue weighted by Crippen LogP contribution is -2.26. The predicted molar refractivity (Wildman–Crippen MR) is 96.7 cm³/mol. The Morgan fingerprint density at radius 1 is 0.920 bits per heavy atom. The van der Waals surface area contributed by atoms with E-state index in [2.05, 4.69) is 29.6 Å². The average Bonchev–Trinajstić information content (AvgIpc) is 2.67. The Morgan fingerprint density at radius 3 is 2.52 bits per heavy atom. The van der Waals surface area contributed by atoms with Gasteiger partial charge in [-0.1, -0.05) is 30.3 Å². The minimum Gasteiger partial charge on any atom is -0.312 e. The molecule has 0 unspecified atom stereocenters. The second-order valence-corrected chi connectivity index (χ2v) is 6.33. The quantitative estimate of drug-likeness (QED) is 0.791. The van der Waals surface area contributed by atoms with E-state index in [0.29, 0.717) is 0 Å². The van der Waals surface area contributed by atoms with Crippen molar-refractivity contribution < 1.29 is 4.39 Å². The third kappa shape index (κ3) is 3.59. The average molecular weight is 333 g/mol. The molecular formula is C21H20FN3. The largest absolute Gasteiger partial charge is 0.312 e. The zero-order valence-electron chi connectivity index (χ0n) is 14.0. The highest BCUT2D eigenvalue weighted by atomic mass is 19.1. The first kappa shape index (κ1) is 15.9. The van der Waals surface area contributed by atoms with E-state index in [1.165, 1.54) is 17.7 Å². The maximum Gasteiger partial charge on any atom is 0.129 e. The van der Waals surface area contributed by atoms with Crippen molar-refractivity contribution in [1.29, 1.82) is 0 Å². The van der Waals surface area contributed by atoms with Crippen molar-refractivity contribution in [2.45, 2.75) is 25.8 Å². The number of nitrogens with one attached hydrogen (secondary N) is 1. The summed E-state index contributed by atoms with van der Waals surface area (Å²) in [5.74, 6) is 0.637. The highest BCUT2D eigenvalue weighted by Crippen LogP contribution is 2.26. The minimum atomic E-state index is -0.228. The van der Waals surface area contributed by atoms with Crippen LogP contribution in [-0.2, 0) is 25.8 Å². The van der Waals surface area contributed by atoms with Crippen LogP contribution in [0.15, 0.2) is 54.6 Å². The molecule has 3 aromatic rings. The molecule has 3 nitrogen and oxygen atoms in total. The Balaban J connectivity index is 1.68. The first-order valence-electron chi connectivity index (χ1n) is 8.69. The van der Waals surface area contributed by atoms with Crippen molar-refractivity contribution in [3.63, 3.8) is 0 Å². The molecular weight excluding hydrogens is 313 g/mol. The van der Waals surface area contributed by atoms with Crippen LogP contribution in [0.2, 0.25) is 0 Å². The molecule has 0 atom stereocenters. The van der Waals surface area contributed by atoms with E-state index in [1.54, 1.807) is 12.1 Å². The SMILES string of the molecule is Fc1ccc(-c2nc(CCc3ccccc3)nc3c2CNCC3)cc1. The third-order valence-electron chi connectivity index (χ3n) is 4.58. The van der Waals surface area contributed by atoms with Crippen molar-refractivity contribution in [2.75, 3.05) is 6.54 Å². The maximum absolute atomic E-state index is 13.3. The van der Waals surface area contributed by atoms with Gasteiger partial charge >= 0.3 is 0 Å². The molecule has 1 aromatic heterocycles. The van der Waals surface area contributed by atoms with E-state index in [0.717, 1.165) is 60.7 Å². The van der Waals surface area contributed by atoms with Crippen molar-refractivity contribution >= 4 is 0 Å². The Hall–Kier alpha value is -2.59. The number of fused-ring (bicyclic) bond motifs is 1. The lowest BCUT2D eigenvalue weighted by Gasteiger charge is -2.20. The lowest BCUT2D eigenvalue weighted by atomic mass is 9.99. The number of benzene rings is 2. The first-order chi connectivity index (χ1) is 12.3. The second-order valence-electron chi connectivity index (χ2n) is 6.33. The van der Waals surface area contributed by atoms with Gasteiger partial charge in [0.2, 0.25) is 0 Å². The molecule has 1 aliphatic rings. The van der Waals surface area contributed by atoms with Crippen LogP contribution in [0.1, 0.15) is 22.6 Å².